The Morgan fingerprint density at radius 3 is 2.83 bits per heavy atom. The van der Waals surface area contributed by atoms with Crippen molar-refractivity contribution in [1.82, 2.24) is 20.3 Å². The van der Waals surface area contributed by atoms with Crippen LogP contribution in [0.4, 0.5) is 0 Å². The molecule has 5 heteroatoms. The van der Waals surface area contributed by atoms with Gasteiger partial charge in [-0.2, -0.15) is 0 Å². The molecule has 1 N–H and O–H groups in total. The van der Waals surface area contributed by atoms with Gasteiger partial charge in [-0.1, -0.05) is 24.5 Å². The summed E-state index contributed by atoms with van der Waals surface area (Å²) in [6, 6.07) is 0. The fourth-order valence-corrected chi connectivity index (χ4v) is 2.46. The minimum atomic E-state index is 0.0461. The van der Waals surface area contributed by atoms with Gasteiger partial charge in [-0.3, -0.25) is 0 Å². The van der Waals surface area contributed by atoms with Gasteiger partial charge in [0, 0.05) is 20.2 Å². The highest BCUT2D eigenvalue weighted by Crippen LogP contribution is 2.30. The van der Waals surface area contributed by atoms with Gasteiger partial charge in [0.2, 0.25) is 0 Å². The summed E-state index contributed by atoms with van der Waals surface area (Å²) in [5, 5.41) is 11.7. The van der Waals surface area contributed by atoms with Crippen molar-refractivity contribution in [2.75, 3.05) is 14.2 Å². The molecule has 102 valence electrons. The third-order valence-electron chi connectivity index (χ3n) is 3.90. The summed E-state index contributed by atoms with van der Waals surface area (Å²) in [5.41, 5.74) is 2.12. The third kappa shape index (κ3) is 2.90. The van der Waals surface area contributed by atoms with Crippen molar-refractivity contribution in [1.29, 1.82) is 0 Å². The van der Waals surface area contributed by atoms with Gasteiger partial charge in [-0.25, -0.2) is 4.68 Å². The summed E-state index contributed by atoms with van der Waals surface area (Å²) in [6.07, 6.45) is 5.42. The molecule has 1 aromatic heterocycles. The molecular weight excluding hydrogens is 228 g/mol. The van der Waals surface area contributed by atoms with Crippen LogP contribution in [0.15, 0.2) is 0 Å². The second-order valence-electron chi connectivity index (χ2n) is 5.14. The SMILES string of the molecule is CNCc1nnn(CCC2CCC2)c1C(C)OC. The van der Waals surface area contributed by atoms with E-state index >= 15 is 0 Å². The first kappa shape index (κ1) is 13.5. The topological polar surface area (TPSA) is 52.0 Å². The Balaban J connectivity index is 2.06. The standard InChI is InChI=1S/C13H24N4O/c1-10(18-3)13-12(9-14-2)15-16-17(13)8-7-11-5-4-6-11/h10-11,14H,4-9H2,1-3H3. The van der Waals surface area contributed by atoms with Gasteiger partial charge in [-0.05, 0) is 26.3 Å². The molecule has 0 radical (unpaired) electrons. The maximum atomic E-state index is 5.44. The number of nitrogens with one attached hydrogen (secondary N) is 1. The molecular formula is C13H24N4O. The lowest BCUT2D eigenvalue weighted by Crippen LogP contribution is -2.17. The smallest absolute Gasteiger partial charge is 0.102 e. The number of aryl methyl sites for hydroxylation is 1. The Labute approximate surface area is 109 Å². The molecule has 1 aliphatic rings. The number of rotatable bonds is 7. The van der Waals surface area contributed by atoms with E-state index in [0.717, 1.165) is 30.4 Å². The largest absolute Gasteiger partial charge is 0.375 e. The van der Waals surface area contributed by atoms with E-state index in [1.807, 2.05) is 11.7 Å². The van der Waals surface area contributed by atoms with Crippen molar-refractivity contribution in [3.63, 3.8) is 0 Å². The fourth-order valence-electron chi connectivity index (χ4n) is 2.46. The number of methoxy groups -OCH3 is 1. The van der Waals surface area contributed by atoms with E-state index in [0.29, 0.717) is 0 Å². The van der Waals surface area contributed by atoms with Crippen LogP contribution >= 0.6 is 0 Å². The zero-order valence-corrected chi connectivity index (χ0v) is 11.6. The molecule has 2 rings (SSSR count). The Bertz CT molecular complexity index is 373. The molecule has 0 aromatic carbocycles. The van der Waals surface area contributed by atoms with Crippen molar-refractivity contribution in [2.45, 2.75) is 51.8 Å². The molecule has 0 bridgehead atoms. The van der Waals surface area contributed by atoms with Crippen molar-refractivity contribution in [3.05, 3.63) is 11.4 Å². The van der Waals surface area contributed by atoms with E-state index in [2.05, 4.69) is 22.6 Å². The lowest BCUT2D eigenvalue weighted by atomic mass is 9.83. The average Bonchev–Trinajstić information content (AvgIpc) is 2.70. The summed E-state index contributed by atoms with van der Waals surface area (Å²) in [4.78, 5) is 0. The molecule has 1 heterocycles. The van der Waals surface area contributed by atoms with Gasteiger partial charge < -0.3 is 10.1 Å². The summed E-state index contributed by atoms with van der Waals surface area (Å²) in [6.45, 7) is 3.76. The molecule has 0 amide bonds. The number of aromatic nitrogens is 3. The van der Waals surface area contributed by atoms with Crippen molar-refractivity contribution in [2.24, 2.45) is 5.92 Å². The average molecular weight is 252 g/mol. The van der Waals surface area contributed by atoms with Crippen LogP contribution in [0.3, 0.4) is 0 Å². The van der Waals surface area contributed by atoms with Gasteiger partial charge in [0.15, 0.2) is 0 Å². The Morgan fingerprint density at radius 2 is 2.28 bits per heavy atom. The van der Waals surface area contributed by atoms with E-state index in [1.165, 1.54) is 25.7 Å². The molecule has 0 aliphatic heterocycles. The Kier molecular flexibility index (Phi) is 4.72. The van der Waals surface area contributed by atoms with Gasteiger partial charge in [-0.15, -0.1) is 5.10 Å². The second kappa shape index (κ2) is 6.29. The van der Waals surface area contributed by atoms with Gasteiger partial charge in [0.1, 0.15) is 5.69 Å². The van der Waals surface area contributed by atoms with Crippen LogP contribution in [0.25, 0.3) is 0 Å². The zero-order chi connectivity index (χ0) is 13.0. The number of hydrogen-bond donors (Lipinski definition) is 1. The molecule has 1 aliphatic carbocycles. The van der Waals surface area contributed by atoms with Crippen molar-refractivity contribution < 1.29 is 4.74 Å². The zero-order valence-electron chi connectivity index (χ0n) is 11.6. The van der Waals surface area contributed by atoms with Crippen LogP contribution in [0.5, 0.6) is 0 Å². The van der Waals surface area contributed by atoms with Gasteiger partial charge in [0.05, 0.1) is 11.8 Å². The lowest BCUT2D eigenvalue weighted by Gasteiger charge is -2.25. The minimum Gasteiger partial charge on any atom is -0.375 e. The Morgan fingerprint density at radius 1 is 1.50 bits per heavy atom. The molecule has 1 saturated carbocycles. The molecule has 0 spiro atoms. The number of ether oxygens (including phenoxy) is 1. The predicted octanol–water partition coefficient (Wildman–Crippen LogP) is 1.90. The molecule has 0 saturated heterocycles. The van der Waals surface area contributed by atoms with Crippen LogP contribution in [0.2, 0.25) is 0 Å². The monoisotopic (exact) mass is 252 g/mol. The highest BCUT2D eigenvalue weighted by Gasteiger charge is 2.21. The van der Waals surface area contributed by atoms with Gasteiger partial charge in [0.25, 0.3) is 0 Å². The van der Waals surface area contributed by atoms with Crippen LogP contribution in [0, 0.1) is 5.92 Å². The number of hydrogen-bond acceptors (Lipinski definition) is 4. The minimum absolute atomic E-state index is 0.0461. The summed E-state index contributed by atoms with van der Waals surface area (Å²) >= 11 is 0. The first-order chi connectivity index (χ1) is 8.76. The van der Waals surface area contributed by atoms with E-state index in [4.69, 9.17) is 4.74 Å². The summed E-state index contributed by atoms with van der Waals surface area (Å²) < 4.78 is 7.47. The van der Waals surface area contributed by atoms with Crippen molar-refractivity contribution in [3.8, 4) is 0 Å². The van der Waals surface area contributed by atoms with Crippen LogP contribution in [0.1, 0.15) is 50.1 Å². The van der Waals surface area contributed by atoms with Crippen LogP contribution in [-0.2, 0) is 17.8 Å². The van der Waals surface area contributed by atoms with Crippen LogP contribution < -0.4 is 5.32 Å². The normalized spacial score (nSPS) is 17.7. The lowest BCUT2D eigenvalue weighted by molar-refractivity contribution is 0.109. The van der Waals surface area contributed by atoms with E-state index in [1.54, 1.807) is 7.11 Å². The van der Waals surface area contributed by atoms with Crippen LogP contribution in [-0.4, -0.2) is 29.2 Å². The highest BCUT2D eigenvalue weighted by molar-refractivity contribution is 5.13. The molecule has 1 fully saturated rings. The molecule has 5 nitrogen and oxygen atoms in total. The maximum Gasteiger partial charge on any atom is 0.102 e. The predicted molar refractivity (Wildman–Crippen MR) is 70.2 cm³/mol. The maximum absolute atomic E-state index is 5.44. The van der Waals surface area contributed by atoms with E-state index in [-0.39, 0.29) is 6.10 Å². The molecule has 1 atom stereocenters. The number of nitrogens with zero attached hydrogens (tertiary/aromatic N) is 3. The molecule has 18 heavy (non-hydrogen) atoms. The first-order valence-corrected chi connectivity index (χ1v) is 6.86. The Hall–Kier alpha value is -0.940. The second-order valence-corrected chi connectivity index (χ2v) is 5.14. The first-order valence-electron chi connectivity index (χ1n) is 6.86. The third-order valence-corrected chi connectivity index (χ3v) is 3.90. The highest BCUT2D eigenvalue weighted by atomic mass is 16.5. The van der Waals surface area contributed by atoms with E-state index in [9.17, 15) is 0 Å². The molecule has 1 aromatic rings. The molecule has 1 unspecified atom stereocenters. The quantitative estimate of drug-likeness (QED) is 0.805. The fraction of sp³-hybridized carbons (Fsp3) is 0.846. The summed E-state index contributed by atoms with van der Waals surface area (Å²) in [5.74, 6) is 0.896. The summed E-state index contributed by atoms with van der Waals surface area (Å²) in [7, 11) is 3.66. The van der Waals surface area contributed by atoms with E-state index < -0.39 is 0 Å². The van der Waals surface area contributed by atoms with Crippen molar-refractivity contribution >= 4 is 0 Å². The van der Waals surface area contributed by atoms with Gasteiger partial charge >= 0.3 is 0 Å².